The molecule has 0 aromatic heterocycles. The van der Waals surface area contributed by atoms with Gasteiger partial charge in [0.2, 0.25) is 0 Å². The molecule has 12 heteroatoms. The van der Waals surface area contributed by atoms with Crippen LogP contribution in [-0.4, -0.2) is 37.1 Å². The van der Waals surface area contributed by atoms with Crippen molar-refractivity contribution in [3.63, 3.8) is 0 Å². The van der Waals surface area contributed by atoms with Crippen molar-refractivity contribution in [2.45, 2.75) is 117 Å². The molecule has 0 unspecified atom stereocenters. The van der Waals surface area contributed by atoms with Gasteiger partial charge in [0.05, 0.1) is 44.4 Å². The highest BCUT2D eigenvalue weighted by molar-refractivity contribution is 9.11. The molecule has 0 saturated heterocycles. The molecule has 0 amide bonds. The summed E-state index contributed by atoms with van der Waals surface area (Å²) in [6.07, 6.45) is 19.6. The van der Waals surface area contributed by atoms with Gasteiger partial charge in [-0.15, -0.1) is 0 Å². The molecule has 0 fully saturated rings. The largest absolute Gasteiger partial charge is 0.494 e. The Kier molecular flexibility index (Phi) is 21.8. The molecule has 0 spiro atoms. The minimum atomic E-state index is -0.630. The van der Waals surface area contributed by atoms with Crippen molar-refractivity contribution in [1.82, 2.24) is 0 Å². The quantitative estimate of drug-likeness (QED) is 0.0266. The van der Waals surface area contributed by atoms with Gasteiger partial charge < -0.3 is 28.4 Å². The summed E-state index contributed by atoms with van der Waals surface area (Å²) in [6.45, 7) is 5.72. The summed E-state index contributed by atoms with van der Waals surface area (Å²) in [6, 6.07) is 33.0. The molecule has 368 valence electrons. The van der Waals surface area contributed by atoms with E-state index in [-0.39, 0.29) is 34.1 Å². The highest BCUT2D eigenvalue weighted by atomic mass is 79.9. The van der Waals surface area contributed by atoms with Crippen LogP contribution in [0.25, 0.3) is 10.8 Å². The smallest absolute Gasteiger partial charge is 0.343 e. The first-order valence-corrected chi connectivity index (χ1v) is 26.2. The van der Waals surface area contributed by atoms with E-state index in [4.69, 9.17) is 28.4 Å². The second-order valence-corrected chi connectivity index (χ2v) is 18.9. The molecule has 6 rings (SSSR count). The van der Waals surface area contributed by atoms with Gasteiger partial charge in [-0.2, -0.15) is 0 Å². The molecular weight excluding hydrogens is 1020 g/mol. The number of carbonyl (C=O) groups excluding carboxylic acids is 4. The Bertz CT molecular complexity index is 2470. The molecule has 70 heavy (non-hydrogen) atoms. The van der Waals surface area contributed by atoms with Gasteiger partial charge in [0.15, 0.2) is 0 Å². The van der Waals surface area contributed by atoms with E-state index in [0.29, 0.717) is 50.2 Å². The average Bonchev–Trinajstić information content (AvgIpc) is 3.36. The Balaban J connectivity index is 0.948. The molecule has 0 aliphatic heterocycles. The number of rotatable bonds is 28. The van der Waals surface area contributed by atoms with Crippen LogP contribution >= 0.6 is 31.9 Å². The summed E-state index contributed by atoms with van der Waals surface area (Å²) < 4.78 is 35.2. The van der Waals surface area contributed by atoms with Crippen LogP contribution in [0.1, 0.15) is 158 Å². The fourth-order valence-electron chi connectivity index (χ4n) is 7.63. The average molecular weight is 1080 g/mol. The molecule has 6 aromatic rings. The van der Waals surface area contributed by atoms with Crippen molar-refractivity contribution >= 4 is 66.5 Å². The number of hydrogen-bond acceptors (Lipinski definition) is 10. The highest BCUT2D eigenvalue weighted by Gasteiger charge is 2.18. The van der Waals surface area contributed by atoms with Gasteiger partial charge in [0, 0.05) is 0 Å². The number of carbonyl (C=O) groups is 4. The fourth-order valence-corrected chi connectivity index (χ4v) is 8.55. The normalized spacial score (nSPS) is 11.0. The van der Waals surface area contributed by atoms with E-state index in [1.165, 1.54) is 113 Å². The Morgan fingerprint density at radius 1 is 0.343 bits per heavy atom. The lowest BCUT2D eigenvalue weighted by Crippen LogP contribution is -2.11. The van der Waals surface area contributed by atoms with Gasteiger partial charge in [0.1, 0.15) is 34.5 Å². The number of benzene rings is 6. The lowest BCUT2D eigenvalue weighted by molar-refractivity contribution is 0.0719. The Morgan fingerprint density at radius 3 is 1.04 bits per heavy atom. The second kappa shape index (κ2) is 28.6. The first kappa shape index (κ1) is 53.4. The SMILES string of the molecule is CCCCCCCCCCOc1ccc(C(=O)Oc2ccc(C(=O)Oc3ccc4ccc(OC(=O)c5ccc(OC(=O)c6ccc(OCCCCCCCCCC)cc6)c(Br)c5)cc4c3)cc2Br)cc1. The fraction of sp³-hybridized carbons (Fsp3) is 0.345. The summed E-state index contributed by atoms with van der Waals surface area (Å²) in [5.74, 6) is 0.0424. The van der Waals surface area contributed by atoms with E-state index in [1.54, 1.807) is 84.9 Å². The summed E-state index contributed by atoms with van der Waals surface area (Å²) >= 11 is 6.85. The Hall–Kier alpha value is -5.98. The van der Waals surface area contributed by atoms with Gasteiger partial charge in [-0.3, -0.25) is 0 Å². The molecule has 0 N–H and O–H groups in total. The van der Waals surface area contributed by atoms with E-state index in [1.807, 2.05) is 0 Å². The van der Waals surface area contributed by atoms with Crippen LogP contribution in [0.2, 0.25) is 0 Å². The van der Waals surface area contributed by atoms with Gasteiger partial charge in [-0.05, 0) is 165 Å². The zero-order valence-electron chi connectivity index (χ0n) is 40.1. The predicted octanol–water partition coefficient (Wildman–Crippen LogP) is 16.3. The summed E-state index contributed by atoms with van der Waals surface area (Å²) in [5, 5.41) is 1.48. The Labute approximate surface area is 428 Å². The first-order chi connectivity index (χ1) is 34.1. The number of fused-ring (bicyclic) bond motifs is 1. The van der Waals surface area contributed by atoms with Crippen molar-refractivity contribution in [2.75, 3.05) is 13.2 Å². The van der Waals surface area contributed by atoms with Crippen LogP contribution in [0.4, 0.5) is 0 Å². The highest BCUT2D eigenvalue weighted by Crippen LogP contribution is 2.31. The maximum absolute atomic E-state index is 13.2. The van der Waals surface area contributed by atoms with Crippen LogP contribution in [0.5, 0.6) is 34.5 Å². The minimum absolute atomic E-state index is 0.225. The summed E-state index contributed by atoms with van der Waals surface area (Å²) in [7, 11) is 0. The molecule has 0 atom stereocenters. The molecule has 6 aromatic carbocycles. The lowest BCUT2D eigenvalue weighted by atomic mass is 10.1. The molecule has 0 radical (unpaired) electrons. The third-order valence-corrected chi connectivity index (χ3v) is 12.9. The topological polar surface area (TPSA) is 124 Å². The van der Waals surface area contributed by atoms with Crippen molar-refractivity contribution < 1.29 is 47.6 Å². The minimum Gasteiger partial charge on any atom is -0.494 e. The third kappa shape index (κ3) is 17.2. The van der Waals surface area contributed by atoms with Crippen molar-refractivity contribution in [1.29, 1.82) is 0 Å². The monoisotopic (exact) mass is 1080 g/mol. The van der Waals surface area contributed by atoms with Gasteiger partial charge in [-0.1, -0.05) is 116 Å². The maximum Gasteiger partial charge on any atom is 0.343 e. The maximum atomic E-state index is 13.2. The van der Waals surface area contributed by atoms with E-state index in [0.717, 1.165) is 31.1 Å². The van der Waals surface area contributed by atoms with E-state index < -0.39 is 23.9 Å². The third-order valence-electron chi connectivity index (χ3n) is 11.7. The van der Waals surface area contributed by atoms with Crippen molar-refractivity contribution in [3.05, 3.63) is 153 Å². The van der Waals surface area contributed by atoms with Crippen LogP contribution in [0, 0.1) is 0 Å². The molecule has 0 saturated carbocycles. The van der Waals surface area contributed by atoms with E-state index >= 15 is 0 Å². The van der Waals surface area contributed by atoms with Crippen molar-refractivity contribution in [3.8, 4) is 34.5 Å². The molecule has 0 aliphatic carbocycles. The van der Waals surface area contributed by atoms with E-state index in [2.05, 4.69) is 45.7 Å². The molecule has 0 aliphatic rings. The summed E-state index contributed by atoms with van der Waals surface area (Å²) in [5.41, 5.74) is 1.17. The first-order valence-electron chi connectivity index (χ1n) is 24.6. The Morgan fingerprint density at radius 2 is 0.671 bits per heavy atom. The number of esters is 4. The van der Waals surface area contributed by atoms with Gasteiger partial charge in [-0.25, -0.2) is 19.2 Å². The molecule has 10 nitrogen and oxygen atoms in total. The van der Waals surface area contributed by atoms with Crippen LogP contribution < -0.4 is 28.4 Å². The predicted molar refractivity (Wildman–Crippen MR) is 281 cm³/mol. The van der Waals surface area contributed by atoms with Gasteiger partial charge in [0.25, 0.3) is 0 Å². The molecule has 0 bridgehead atoms. The van der Waals surface area contributed by atoms with Crippen LogP contribution in [0.15, 0.2) is 130 Å². The van der Waals surface area contributed by atoms with Gasteiger partial charge >= 0.3 is 23.9 Å². The van der Waals surface area contributed by atoms with Crippen LogP contribution in [-0.2, 0) is 0 Å². The number of ether oxygens (including phenoxy) is 6. The zero-order chi connectivity index (χ0) is 49.5. The zero-order valence-corrected chi connectivity index (χ0v) is 43.3. The van der Waals surface area contributed by atoms with E-state index in [9.17, 15) is 19.2 Å². The standard InChI is InChI=1S/C58H62Br2O10/c1-3-5-7-9-11-13-15-17-35-65-47-27-21-42(22-28-47)55(61)69-53-33-25-44(39-51(53)59)57(63)67-49-31-19-41-20-32-50(38-46(41)37-49)68-58(64)45-26-34-54(52(60)40-45)70-56(62)43-23-29-48(30-24-43)66-36-18-16-14-12-10-8-6-4-2/h19-34,37-40H,3-18,35-36H2,1-2H3. The number of unbranched alkanes of at least 4 members (excludes halogenated alkanes) is 14. The van der Waals surface area contributed by atoms with Crippen molar-refractivity contribution in [2.24, 2.45) is 0 Å². The number of hydrogen-bond donors (Lipinski definition) is 0. The lowest BCUT2D eigenvalue weighted by Gasteiger charge is -2.11. The summed E-state index contributed by atoms with van der Waals surface area (Å²) in [4.78, 5) is 52.4. The second-order valence-electron chi connectivity index (χ2n) is 17.2. The molecular formula is C58H62Br2O10. The number of halogens is 2. The van der Waals surface area contributed by atoms with Crippen LogP contribution in [0.3, 0.4) is 0 Å². The molecule has 0 heterocycles.